The predicted molar refractivity (Wildman–Crippen MR) is 68.3 cm³/mol. The molecule has 5 nitrogen and oxygen atoms in total. The fraction of sp³-hybridized carbons (Fsp3) is 0.600. The van der Waals surface area contributed by atoms with Crippen LogP contribution in [0.25, 0.3) is 0 Å². The molecule has 0 aromatic carbocycles. The molecule has 0 amide bonds. The number of methoxy groups -OCH3 is 1. The third-order valence-electron chi connectivity index (χ3n) is 2.76. The Balaban J connectivity index is 2.22. The molecule has 17 heavy (non-hydrogen) atoms. The van der Waals surface area contributed by atoms with Crippen LogP contribution in [-0.4, -0.2) is 55.2 Å². The van der Waals surface area contributed by atoms with E-state index < -0.39 is 0 Å². The molecule has 2 heterocycles. The summed E-state index contributed by atoms with van der Waals surface area (Å²) in [6, 6.07) is 0. The van der Waals surface area contributed by atoms with E-state index in [4.69, 9.17) is 27.9 Å². The first-order chi connectivity index (χ1) is 8.11. The second-order valence-corrected chi connectivity index (χ2v) is 4.64. The highest BCUT2D eigenvalue weighted by Gasteiger charge is 2.19. The molecule has 0 bridgehead atoms. The predicted octanol–water partition coefficient (Wildman–Crippen LogP) is 1.54. The van der Waals surface area contributed by atoms with Crippen LogP contribution in [0.2, 0.25) is 10.3 Å². The first kappa shape index (κ1) is 12.7. The van der Waals surface area contributed by atoms with Gasteiger partial charge in [-0.05, 0) is 7.05 Å². The van der Waals surface area contributed by atoms with E-state index in [9.17, 15) is 0 Å². The zero-order valence-corrected chi connectivity index (χ0v) is 11.3. The minimum Gasteiger partial charge on any atom is -0.491 e. The lowest BCUT2D eigenvalue weighted by molar-refractivity contribution is 0.311. The highest BCUT2D eigenvalue weighted by atomic mass is 35.5. The Morgan fingerprint density at radius 2 is 1.59 bits per heavy atom. The molecule has 1 aromatic rings. The molecule has 1 fully saturated rings. The van der Waals surface area contributed by atoms with Gasteiger partial charge in [0.2, 0.25) is 5.95 Å². The van der Waals surface area contributed by atoms with Gasteiger partial charge in [-0.15, -0.1) is 0 Å². The minimum atomic E-state index is 0.251. The molecule has 2 rings (SSSR count). The number of piperazine rings is 1. The summed E-state index contributed by atoms with van der Waals surface area (Å²) in [4.78, 5) is 12.7. The Morgan fingerprint density at radius 3 is 2.06 bits per heavy atom. The third-order valence-corrected chi connectivity index (χ3v) is 3.27. The van der Waals surface area contributed by atoms with Crippen LogP contribution >= 0.6 is 23.2 Å². The molecule has 0 unspecified atom stereocenters. The zero-order chi connectivity index (χ0) is 12.4. The van der Waals surface area contributed by atoms with Crippen LogP contribution in [0.4, 0.5) is 5.95 Å². The Morgan fingerprint density at radius 1 is 1.06 bits per heavy atom. The van der Waals surface area contributed by atoms with Gasteiger partial charge in [-0.1, -0.05) is 23.2 Å². The standard InChI is InChI=1S/C10H14Cl2N4O/c1-15-3-5-16(6-4-15)10-13-8(11)7(17-2)9(12)14-10/h3-6H2,1-2H3. The smallest absolute Gasteiger partial charge is 0.228 e. The van der Waals surface area contributed by atoms with Gasteiger partial charge in [0, 0.05) is 26.2 Å². The summed E-state index contributed by atoms with van der Waals surface area (Å²) in [6.45, 7) is 3.69. The maximum atomic E-state index is 5.99. The number of rotatable bonds is 2. The van der Waals surface area contributed by atoms with Crippen LogP contribution in [0.5, 0.6) is 5.75 Å². The van der Waals surface area contributed by atoms with Crippen LogP contribution < -0.4 is 9.64 Å². The summed E-state index contributed by atoms with van der Waals surface area (Å²) in [5.74, 6) is 0.889. The number of ether oxygens (including phenoxy) is 1. The lowest BCUT2D eigenvalue weighted by Gasteiger charge is -2.32. The van der Waals surface area contributed by atoms with Crippen molar-refractivity contribution in [2.75, 3.05) is 45.2 Å². The monoisotopic (exact) mass is 276 g/mol. The van der Waals surface area contributed by atoms with Gasteiger partial charge < -0.3 is 14.5 Å². The molecule has 7 heteroatoms. The van der Waals surface area contributed by atoms with Crippen molar-refractivity contribution in [3.05, 3.63) is 10.3 Å². The van der Waals surface area contributed by atoms with E-state index in [1.807, 2.05) is 0 Å². The fourth-order valence-electron chi connectivity index (χ4n) is 1.70. The van der Waals surface area contributed by atoms with Gasteiger partial charge in [-0.3, -0.25) is 0 Å². The fourth-order valence-corrected chi connectivity index (χ4v) is 2.24. The first-order valence-electron chi connectivity index (χ1n) is 5.32. The van der Waals surface area contributed by atoms with Crippen molar-refractivity contribution in [1.82, 2.24) is 14.9 Å². The molecule has 1 aromatic heterocycles. The number of nitrogens with zero attached hydrogens (tertiary/aromatic N) is 4. The summed E-state index contributed by atoms with van der Waals surface area (Å²) >= 11 is 12.0. The molecular weight excluding hydrogens is 263 g/mol. The van der Waals surface area contributed by atoms with E-state index in [2.05, 4.69) is 26.8 Å². The topological polar surface area (TPSA) is 41.5 Å². The SMILES string of the molecule is COc1c(Cl)nc(N2CCN(C)CC2)nc1Cl. The average molecular weight is 277 g/mol. The molecule has 0 saturated carbocycles. The van der Waals surface area contributed by atoms with E-state index in [1.54, 1.807) is 0 Å². The lowest BCUT2D eigenvalue weighted by atomic mass is 10.3. The minimum absolute atomic E-state index is 0.251. The molecule has 1 aliphatic rings. The van der Waals surface area contributed by atoms with Crippen molar-refractivity contribution in [2.24, 2.45) is 0 Å². The van der Waals surface area contributed by atoms with Crippen molar-refractivity contribution in [3.8, 4) is 5.75 Å². The Bertz CT molecular complexity index is 384. The zero-order valence-electron chi connectivity index (χ0n) is 9.78. The summed E-state index contributed by atoms with van der Waals surface area (Å²) in [5.41, 5.74) is 0. The van der Waals surface area contributed by atoms with Gasteiger partial charge in [0.05, 0.1) is 7.11 Å². The maximum absolute atomic E-state index is 5.99. The molecule has 0 radical (unpaired) electrons. The summed E-state index contributed by atoms with van der Waals surface area (Å²) in [5, 5.41) is 0.503. The summed E-state index contributed by atoms with van der Waals surface area (Å²) < 4.78 is 5.02. The molecule has 0 atom stereocenters. The van der Waals surface area contributed by atoms with Crippen LogP contribution in [0, 0.1) is 0 Å². The second-order valence-electron chi connectivity index (χ2n) is 3.93. The largest absolute Gasteiger partial charge is 0.491 e. The van der Waals surface area contributed by atoms with Crippen molar-refractivity contribution in [1.29, 1.82) is 0 Å². The van der Waals surface area contributed by atoms with E-state index in [-0.39, 0.29) is 10.3 Å². The van der Waals surface area contributed by atoms with Gasteiger partial charge >= 0.3 is 0 Å². The van der Waals surface area contributed by atoms with Gasteiger partial charge in [-0.2, -0.15) is 9.97 Å². The van der Waals surface area contributed by atoms with Crippen molar-refractivity contribution in [3.63, 3.8) is 0 Å². The summed E-state index contributed by atoms with van der Waals surface area (Å²) in [6.07, 6.45) is 0. The third kappa shape index (κ3) is 2.73. The van der Waals surface area contributed by atoms with E-state index in [0.29, 0.717) is 11.7 Å². The molecule has 0 aliphatic carbocycles. The highest BCUT2D eigenvalue weighted by Crippen LogP contribution is 2.31. The normalized spacial score (nSPS) is 17.3. The number of hydrogen-bond donors (Lipinski definition) is 0. The molecule has 0 spiro atoms. The lowest BCUT2D eigenvalue weighted by Crippen LogP contribution is -2.45. The molecule has 94 valence electrons. The second kappa shape index (κ2) is 5.25. The summed E-state index contributed by atoms with van der Waals surface area (Å²) in [7, 11) is 3.58. The van der Waals surface area contributed by atoms with Gasteiger partial charge in [0.25, 0.3) is 0 Å². The number of likely N-dealkylation sites (N-methyl/N-ethyl adjacent to an activating group) is 1. The molecule has 1 saturated heterocycles. The number of halogens is 2. The average Bonchev–Trinajstić information content (AvgIpc) is 2.29. The Labute approximate surface area is 110 Å². The highest BCUT2D eigenvalue weighted by molar-refractivity contribution is 6.35. The quantitative estimate of drug-likeness (QED) is 0.767. The molecule has 1 aliphatic heterocycles. The van der Waals surface area contributed by atoms with Crippen molar-refractivity contribution < 1.29 is 4.74 Å². The number of hydrogen-bond acceptors (Lipinski definition) is 5. The molecular formula is C10H14Cl2N4O. The van der Waals surface area contributed by atoms with Crippen LogP contribution in [0.3, 0.4) is 0 Å². The van der Waals surface area contributed by atoms with Gasteiger partial charge in [0.1, 0.15) is 0 Å². The van der Waals surface area contributed by atoms with Gasteiger partial charge in [-0.25, -0.2) is 0 Å². The van der Waals surface area contributed by atoms with E-state index in [0.717, 1.165) is 26.2 Å². The van der Waals surface area contributed by atoms with E-state index >= 15 is 0 Å². The number of aromatic nitrogens is 2. The van der Waals surface area contributed by atoms with Crippen LogP contribution in [0.15, 0.2) is 0 Å². The molecule has 0 N–H and O–H groups in total. The Hall–Kier alpha value is -0.780. The van der Waals surface area contributed by atoms with Crippen molar-refractivity contribution >= 4 is 29.2 Å². The first-order valence-corrected chi connectivity index (χ1v) is 6.08. The van der Waals surface area contributed by atoms with Crippen molar-refractivity contribution in [2.45, 2.75) is 0 Å². The Kier molecular flexibility index (Phi) is 3.91. The van der Waals surface area contributed by atoms with Crippen LogP contribution in [-0.2, 0) is 0 Å². The van der Waals surface area contributed by atoms with E-state index in [1.165, 1.54) is 7.11 Å². The number of anilines is 1. The van der Waals surface area contributed by atoms with Gasteiger partial charge in [0.15, 0.2) is 16.1 Å². The van der Waals surface area contributed by atoms with Crippen LogP contribution in [0.1, 0.15) is 0 Å². The maximum Gasteiger partial charge on any atom is 0.228 e.